The van der Waals surface area contributed by atoms with Gasteiger partial charge in [-0.15, -0.1) is 11.6 Å². The Morgan fingerprint density at radius 2 is 2.31 bits per heavy atom. The summed E-state index contributed by atoms with van der Waals surface area (Å²) in [6, 6.07) is 1.92. The van der Waals surface area contributed by atoms with Crippen LogP contribution in [-0.2, 0) is 4.79 Å². The predicted molar refractivity (Wildman–Crippen MR) is 61.8 cm³/mol. The van der Waals surface area contributed by atoms with Crippen LogP contribution in [-0.4, -0.2) is 26.4 Å². The summed E-state index contributed by atoms with van der Waals surface area (Å²) >= 11 is 5.42. The molecule has 0 atom stereocenters. The number of carbonyl (C=O) groups excluding carboxylic acids is 1. The van der Waals surface area contributed by atoms with E-state index in [1.807, 2.05) is 19.9 Å². The summed E-state index contributed by atoms with van der Waals surface area (Å²) in [6.07, 6.45) is 1.57. The topological polar surface area (TPSA) is 59.3 Å². The number of aromatic nitrogens is 3. The number of nitrogens with one attached hydrogen (secondary N) is 1. The van der Waals surface area contributed by atoms with Gasteiger partial charge in [-0.25, -0.2) is 9.50 Å². The number of halogens is 1. The van der Waals surface area contributed by atoms with Crippen molar-refractivity contribution in [2.75, 3.05) is 11.2 Å². The second-order valence-corrected chi connectivity index (χ2v) is 3.78. The average Bonchev–Trinajstić information content (AvgIpc) is 2.61. The zero-order valence-corrected chi connectivity index (χ0v) is 9.75. The third-order valence-electron chi connectivity index (χ3n) is 2.17. The maximum absolute atomic E-state index is 11.2. The van der Waals surface area contributed by atoms with Gasteiger partial charge in [0, 0.05) is 11.4 Å². The van der Waals surface area contributed by atoms with Crippen LogP contribution in [0.1, 0.15) is 11.4 Å². The first-order valence-electron chi connectivity index (χ1n) is 4.79. The number of fused-ring (bicyclic) bond motifs is 1. The molecular weight excluding hydrogens is 228 g/mol. The summed E-state index contributed by atoms with van der Waals surface area (Å²) in [5.74, 6) is -0.347. The second-order valence-electron chi connectivity index (χ2n) is 3.51. The number of nitrogens with zero attached hydrogens (tertiary/aromatic N) is 3. The van der Waals surface area contributed by atoms with Crippen LogP contribution in [0.3, 0.4) is 0 Å². The van der Waals surface area contributed by atoms with Crippen LogP contribution in [0.5, 0.6) is 0 Å². The summed E-state index contributed by atoms with van der Waals surface area (Å²) in [5.41, 5.74) is 3.06. The molecule has 0 unspecified atom stereocenters. The molecule has 0 aliphatic heterocycles. The quantitative estimate of drug-likeness (QED) is 0.807. The van der Waals surface area contributed by atoms with E-state index in [1.165, 1.54) is 0 Å². The van der Waals surface area contributed by atoms with Gasteiger partial charge in [-0.3, -0.25) is 4.79 Å². The van der Waals surface area contributed by atoms with E-state index in [0.29, 0.717) is 11.3 Å². The summed E-state index contributed by atoms with van der Waals surface area (Å²) in [5, 5.41) is 6.80. The molecule has 0 bridgehead atoms. The number of hydrogen-bond acceptors (Lipinski definition) is 3. The highest BCUT2D eigenvalue weighted by molar-refractivity contribution is 6.29. The maximum atomic E-state index is 11.2. The Kier molecular flexibility index (Phi) is 2.78. The number of amides is 1. The van der Waals surface area contributed by atoms with Crippen molar-refractivity contribution in [3.05, 3.63) is 23.7 Å². The Morgan fingerprint density at radius 3 is 3.00 bits per heavy atom. The van der Waals surface area contributed by atoms with E-state index < -0.39 is 0 Å². The summed E-state index contributed by atoms with van der Waals surface area (Å²) in [6.45, 7) is 3.83. The maximum Gasteiger partial charge on any atom is 0.239 e. The standard InChI is InChI=1S/C10H11ClN4O/c1-6-3-7(2)15-10(13-6)8(5-12-15)14-9(16)4-11/h3,5H,4H2,1-2H3,(H,14,16). The molecule has 0 radical (unpaired) electrons. The molecule has 0 aliphatic rings. The van der Waals surface area contributed by atoms with Gasteiger partial charge in [-0.2, -0.15) is 5.10 Å². The summed E-state index contributed by atoms with van der Waals surface area (Å²) < 4.78 is 1.68. The van der Waals surface area contributed by atoms with Crippen molar-refractivity contribution in [2.24, 2.45) is 0 Å². The molecule has 2 aromatic rings. The second kappa shape index (κ2) is 4.09. The normalized spacial score (nSPS) is 10.7. The highest BCUT2D eigenvalue weighted by Gasteiger charge is 2.10. The zero-order valence-electron chi connectivity index (χ0n) is 8.99. The number of rotatable bonds is 2. The lowest BCUT2D eigenvalue weighted by Crippen LogP contribution is -2.12. The van der Waals surface area contributed by atoms with Crippen molar-refractivity contribution < 1.29 is 4.79 Å². The number of carbonyl (C=O) groups is 1. The van der Waals surface area contributed by atoms with E-state index in [1.54, 1.807) is 10.7 Å². The van der Waals surface area contributed by atoms with Gasteiger partial charge in [0.2, 0.25) is 5.91 Å². The van der Waals surface area contributed by atoms with E-state index in [2.05, 4.69) is 15.4 Å². The lowest BCUT2D eigenvalue weighted by atomic mass is 10.3. The molecule has 16 heavy (non-hydrogen) atoms. The third-order valence-corrected chi connectivity index (χ3v) is 2.42. The fourth-order valence-corrected chi connectivity index (χ4v) is 1.61. The first kappa shape index (κ1) is 10.9. The molecule has 0 aromatic carbocycles. The van der Waals surface area contributed by atoms with E-state index in [-0.39, 0.29) is 11.8 Å². The van der Waals surface area contributed by atoms with Crippen molar-refractivity contribution in [3.63, 3.8) is 0 Å². The first-order valence-corrected chi connectivity index (χ1v) is 5.33. The Bertz CT molecular complexity index is 549. The summed E-state index contributed by atoms with van der Waals surface area (Å²) in [4.78, 5) is 15.5. The first-order chi connectivity index (χ1) is 7.61. The Balaban J connectivity index is 2.51. The highest BCUT2D eigenvalue weighted by atomic mass is 35.5. The van der Waals surface area contributed by atoms with Gasteiger partial charge in [0.25, 0.3) is 0 Å². The fourth-order valence-electron chi connectivity index (χ4n) is 1.54. The zero-order chi connectivity index (χ0) is 11.7. The lowest BCUT2D eigenvalue weighted by Gasteiger charge is -2.02. The van der Waals surface area contributed by atoms with Gasteiger partial charge in [-0.05, 0) is 19.9 Å². The van der Waals surface area contributed by atoms with Gasteiger partial charge in [0.15, 0.2) is 5.65 Å². The molecule has 0 spiro atoms. The molecule has 2 heterocycles. The van der Waals surface area contributed by atoms with Crippen molar-refractivity contribution in [1.29, 1.82) is 0 Å². The van der Waals surface area contributed by atoms with Crippen LogP contribution < -0.4 is 5.32 Å². The Labute approximate surface area is 97.4 Å². The fraction of sp³-hybridized carbons (Fsp3) is 0.300. The number of aryl methyl sites for hydroxylation is 2. The number of anilines is 1. The van der Waals surface area contributed by atoms with Crippen molar-refractivity contribution in [2.45, 2.75) is 13.8 Å². The minimum absolute atomic E-state index is 0.0812. The van der Waals surface area contributed by atoms with Crippen molar-refractivity contribution in [1.82, 2.24) is 14.6 Å². The predicted octanol–water partition coefficient (Wildman–Crippen LogP) is 1.52. The summed E-state index contributed by atoms with van der Waals surface area (Å²) in [7, 11) is 0. The molecular formula is C10H11ClN4O. The molecule has 1 amide bonds. The third kappa shape index (κ3) is 1.86. The molecule has 2 rings (SSSR count). The smallest absolute Gasteiger partial charge is 0.239 e. The van der Waals surface area contributed by atoms with E-state index in [9.17, 15) is 4.79 Å². The van der Waals surface area contributed by atoms with Gasteiger partial charge in [-0.1, -0.05) is 0 Å². The lowest BCUT2D eigenvalue weighted by molar-refractivity contribution is -0.113. The van der Waals surface area contributed by atoms with Gasteiger partial charge in [0.1, 0.15) is 11.6 Å². The molecule has 1 N–H and O–H groups in total. The molecule has 84 valence electrons. The molecule has 0 fully saturated rings. The van der Waals surface area contributed by atoms with Crippen LogP contribution in [0, 0.1) is 13.8 Å². The number of hydrogen-bond donors (Lipinski definition) is 1. The van der Waals surface area contributed by atoms with Gasteiger partial charge in [0.05, 0.1) is 6.20 Å². The van der Waals surface area contributed by atoms with Crippen LogP contribution >= 0.6 is 11.6 Å². The molecule has 6 heteroatoms. The van der Waals surface area contributed by atoms with E-state index in [0.717, 1.165) is 11.4 Å². The van der Waals surface area contributed by atoms with Gasteiger partial charge < -0.3 is 5.32 Å². The monoisotopic (exact) mass is 238 g/mol. The van der Waals surface area contributed by atoms with Crippen LogP contribution in [0.2, 0.25) is 0 Å². The Hall–Kier alpha value is -1.62. The largest absolute Gasteiger partial charge is 0.321 e. The van der Waals surface area contributed by atoms with Crippen LogP contribution in [0.15, 0.2) is 12.3 Å². The van der Waals surface area contributed by atoms with E-state index >= 15 is 0 Å². The minimum Gasteiger partial charge on any atom is -0.321 e. The molecule has 0 aliphatic carbocycles. The van der Waals surface area contributed by atoms with Crippen molar-refractivity contribution >= 4 is 28.8 Å². The van der Waals surface area contributed by atoms with E-state index in [4.69, 9.17) is 11.6 Å². The number of alkyl halides is 1. The van der Waals surface area contributed by atoms with Crippen LogP contribution in [0.25, 0.3) is 5.65 Å². The SMILES string of the molecule is Cc1cc(C)n2ncc(NC(=O)CCl)c2n1. The Morgan fingerprint density at radius 1 is 1.56 bits per heavy atom. The van der Waals surface area contributed by atoms with Gasteiger partial charge >= 0.3 is 0 Å². The van der Waals surface area contributed by atoms with Crippen molar-refractivity contribution in [3.8, 4) is 0 Å². The molecule has 0 saturated carbocycles. The average molecular weight is 239 g/mol. The van der Waals surface area contributed by atoms with Crippen LogP contribution in [0.4, 0.5) is 5.69 Å². The molecule has 5 nitrogen and oxygen atoms in total. The molecule has 2 aromatic heterocycles. The minimum atomic E-state index is -0.266. The highest BCUT2D eigenvalue weighted by Crippen LogP contribution is 2.16. The molecule has 0 saturated heterocycles.